The van der Waals surface area contributed by atoms with Gasteiger partial charge in [0.25, 0.3) is 5.56 Å². The fraction of sp³-hybridized carbons (Fsp3) is 0.353. The maximum Gasteiger partial charge on any atom is 0.256 e. The molecule has 2 rings (SSSR count). The Morgan fingerprint density at radius 1 is 1.14 bits per heavy atom. The molecule has 0 saturated heterocycles. The van der Waals surface area contributed by atoms with Crippen LogP contribution in [0.25, 0.3) is 11.3 Å². The highest BCUT2D eigenvalue weighted by Gasteiger charge is 2.10. The zero-order chi connectivity index (χ0) is 15.2. The summed E-state index contributed by atoms with van der Waals surface area (Å²) in [6.45, 7) is 2.97. The molecule has 21 heavy (non-hydrogen) atoms. The predicted molar refractivity (Wildman–Crippen MR) is 83.3 cm³/mol. The van der Waals surface area contributed by atoms with Crippen molar-refractivity contribution < 1.29 is 9.84 Å². The zero-order valence-electron chi connectivity index (χ0n) is 12.5. The van der Waals surface area contributed by atoms with Gasteiger partial charge < -0.3 is 14.4 Å². The fourth-order valence-electron chi connectivity index (χ4n) is 2.31. The maximum atomic E-state index is 12.4. The van der Waals surface area contributed by atoms with E-state index in [9.17, 15) is 9.90 Å². The van der Waals surface area contributed by atoms with Crippen LogP contribution in [0.5, 0.6) is 0 Å². The lowest BCUT2D eigenvalue weighted by atomic mass is 10.1. The van der Waals surface area contributed by atoms with Crippen LogP contribution in [0.4, 0.5) is 0 Å². The molecule has 1 N–H and O–H groups in total. The molecule has 0 saturated carbocycles. The van der Waals surface area contributed by atoms with Gasteiger partial charge in [0.1, 0.15) is 0 Å². The lowest BCUT2D eigenvalue weighted by Gasteiger charge is -2.14. The van der Waals surface area contributed by atoms with Crippen molar-refractivity contribution >= 4 is 0 Å². The van der Waals surface area contributed by atoms with Gasteiger partial charge in [0.15, 0.2) is 0 Å². The first-order valence-corrected chi connectivity index (χ1v) is 7.07. The number of rotatable bonds is 6. The summed E-state index contributed by atoms with van der Waals surface area (Å²) in [5.74, 6) is 0. The lowest BCUT2D eigenvalue weighted by Crippen LogP contribution is -2.25. The van der Waals surface area contributed by atoms with Gasteiger partial charge >= 0.3 is 0 Å². The quantitative estimate of drug-likeness (QED) is 0.830. The van der Waals surface area contributed by atoms with Gasteiger partial charge in [-0.05, 0) is 31.0 Å². The van der Waals surface area contributed by atoms with E-state index in [0.29, 0.717) is 18.7 Å². The van der Waals surface area contributed by atoms with Crippen LogP contribution in [0.2, 0.25) is 0 Å². The summed E-state index contributed by atoms with van der Waals surface area (Å²) >= 11 is 0. The van der Waals surface area contributed by atoms with E-state index in [4.69, 9.17) is 4.74 Å². The summed E-state index contributed by atoms with van der Waals surface area (Å²) in [4.78, 5) is 12.4. The molecule has 0 aliphatic rings. The highest BCUT2D eigenvalue weighted by atomic mass is 16.5. The summed E-state index contributed by atoms with van der Waals surface area (Å²) in [6.07, 6.45) is 0.754. The van der Waals surface area contributed by atoms with Crippen LogP contribution in [0.1, 0.15) is 17.5 Å². The number of aromatic nitrogens is 1. The molecule has 0 bridgehead atoms. The molecule has 1 heterocycles. The summed E-state index contributed by atoms with van der Waals surface area (Å²) in [5.41, 5.74) is 3.34. The highest BCUT2D eigenvalue weighted by Crippen LogP contribution is 2.19. The third-order valence-corrected chi connectivity index (χ3v) is 3.50. The third kappa shape index (κ3) is 3.60. The van der Waals surface area contributed by atoms with E-state index in [1.807, 2.05) is 37.3 Å². The monoisotopic (exact) mass is 287 g/mol. The van der Waals surface area contributed by atoms with Crippen molar-refractivity contribution in [2.75, 3.05) is 13.7 Å². The lowest BCUT2D eigenvalue weighted by molar-refractivity contribution is 0.190. The summed E-state index contributed by atoms with van der Waals surface area (Å²) in [5, 5.41) is 9.27. The highest BCUT2D eigenvalue weighted by molar-refractivity contribution is 5.60. The molecule has 1 aromatic carbocycles. The largest absolute Gasteiger partial charge is 0.391 e. The normalized spacial score (nSPS) is 10.8. The molecule has 0 spiro atoms. The number of hydrogen-bond donors (Lipinski definition) is 1. The first kappa shape index (κ1) is 15.5. The van der Waals surface area contributed by atoms with Crippen LogP contribution in [0, 0.1) is 6.92 Å². The molecule has 0 amide bonds. The van der Waals surface area contributed by atoms with Gasteiger partial charge in [-0.3, -0.25) is 4.79 Å². The van der Waals surface area contributed by atoms with Gasteiger partial charge in [-0.2, -0.15) is 0 Å². The smallest absolute Gasteiger partial charge is 0.256 e. The molecule has 112 valence electrons. The second-order valence-electron chi connectivity index (χ2n) is 5.07. The van der Waals surface area contributed by atoms with Gasteiger partial charge in [0.05, 0.1) is 12.3 Å². The Morgan fingerprint density at radius 3 is 2.48 bits per heavy atom. The number of methoxy groups -OCH3 is 1. The molecule has 1 aromatic heterocycles. The van der Waals surface area contributed by atoms with E-state index in [1.165, 1.54) is 5.56 Å². The van der Waals surface area contributed by atoms with Crippen LogP contribution in [0.15, 0.2) is 41.2 Å². The second-order valence-corrected chi connectivity index (χ2v) is 5.07. The van der Waals surface area contributed by atoms with Gasteiger partial charge in [0.2, 0.25) is 0 Å². The first-order valence-electron chi connectivity index (χ1n) is 7.07. The number of benzene rings is 1. The van der Waals surface area contributed by atoms with Crippen molar-refractivity contribution in [3.63, 3.8) is 0 Å². The number of hydrogen-bond acceptors (Lipinski definition) is 3. The summed E-state index contributed by atoms with van der Waals surface area (Å²) in [6, 6.07) is 11.7. The molecule has 4 nitrogen and oxygen atoms in total. The Morgan fingerprint density at radius 2 is 1.86 bits per heavy atom. The van der Waals surface area contributed by atoms with Crippen molar-refractivity contribution in [1.29, 1.82) is 0 Å². The summed E-state index contributed by atoms with van der Waals surface area (Å²) < 4.78 is 6.77. The van der Waals surface area contributed by atoms with Crippen molar-refractivity contribution in [3.8, 4) is 11.3 Å². The number of aryl methyl sites for hydroxylation is 1. The number of nitrogens with zero attached hydrogens (tertiary/aromatic N) is 1. The second kappa shape index (κ2) is 7.20. The minimum atomic E-state index is -0.239. The summed E-state index contributed by atoms with van der Waals surface area (Å²) in [7, 11) is 1.65. The van der Waals surface area contributed by atoms with Gasteiger partial charge in [0, 0.05) is 25.8 Å². The van der Waals surface area contributed by atoms with Gasteiger partial charge in [-0.15, -0.1) is 0 Å². The Bertz CT molecular complexity index is 644. The van der Waals surface area contributed by atoms with E-state index in [1.54, 1.807) is 17.7 Å². The van der Waals surface area contributed by atoms with Crippen LogP contribution in [0.3, 0.4) is 0 Å². The van der Waals surface area contributed by atoms with Crippen LogP contribution in [-0.4, -0.2) is 23.4 Å². The average molecular weight is 287 g/mol. The number of pyridine rings is 1. The van der Waals surface area contributed by atoms with E-state index in [2.05, 4.69) is 0 Å². The zero-order valence-corrected chi connectivity index (χ0v) is 12.5. The standard InChI is InChI=1S/C17H21NO3/c1-13-4-6-14(7-5-13)16-9-8-15(12-19)17(20)18(16)10-3-11-21-2/h4-9,19H,3,10-12H2,1-2H3. The Kier molecular flexibility index (Phi) is 5.31. The predicted octanol–water partition coefficient (Wildman–Crippen LogP) is 2.35. The number of aliphatic hydroxyl groups is 1. The Labute approximate surface area is 124 Å². The molecule has 0 unspecified atom stereocenters. The number of aliphatic hydroxyl groups excluding tert-OH is 1. The SMILES string of the molecule is COCCCn1c(-c2ccc(C)cc2)ccc(CO)c1=O. The molecular weight excluding hydrogens is 266 g/mol. The average Bonchev–Trinajstić information content (AvgIpc) is 2.50. The van der Waals surface area contributed by atoms with Crippen molar-refractivity contribution in [2.45, 2.75) is 26.5 Å². The molecule has 0 atom stereocenters. The first-order chi connectivity index (χ1) is 10.2. The fourth-order valence-corrected chi connectivity index (χ4v) is 2.31. The maximum absolute atomic E-state index is 12.4. The van der Waals surface area contributed by atoms with Gasteiger partial charge in [-0.1, -0.05) is 29.8 Å². The van der Waals surface area contributed by atoms with E-state index >= 15 is 0 Å². The van der Waals surface area contributed by atoms with Crippen LogP contribution >= 0.6 is 0 Å². The molecule has 0 fully saturated rings. The van der Waals surface area contributed by atoms with Crippen molar-refractivity contribution in [2.24, 2.45) is 0 Å². The molecule has 0 aliphatic heterocycles. The van der Waals surface area contributed by atoms with Crippen molar-refractivity contribution in [1.82, 2.24) is 4.57 Å². The van der Waals surface area contributed by atoms with E-state index < -0.39 is 0 Å². The third-order valence-electron chi connectivity index (χ3n) is 3.50. The molecular formula is C17H21NO3. The Hall–Kier alpha value is -1.91. The minimum absolute atomic E-state index is 0.133. The molecule has 4 heteroatoms. The number of ether oxygens (including phenoxy) is 1. The minimum Gasteiger partial charge on any atom is -0.391 e. The van der Waals surface area contributed by atoms with Crippen molar-refractivity contribution in [3.05, 3.63) is 57.9 Å². The van der Waals surface area contributed by atoms with Crippen LogP contribution in [-0.2, 0) is 17.9 Å². The van der Waals surface area contributed by atoms with E-state index in [0.717, 1.165) is 17.7 Å². The Balaban J connectivity index is 2.46. The molecule has 0 aliphatic carbocycles. The topological polar surface area (TPSA) is 51.5 Å². The van der Waals surface area contributed by atoms with Crippen LogP contribution < -0.4 is 5.56 Å². The molecule has 2 aromatic rings. The molecule has 0 radical (unpaired) electrons. The van der Waals surface area contributed by atoms with Gasteiger partial charge in [-0.25, -0.2) is 0 Å². The van der Waals surface area contributed by atoms with E-state index in [-0.39, 0.29) is 12.2 Å².